The number of halogens is 2. The third-order valence-corrected chi connectivity index (χ3v) is 9.73. The number of hydrogen-bond donors (Lipinski definition) is 0. The molecule has 3 atom stereocenters. The molecule has 0 aromatic heterocycles. The van der Waals surface area contributed by atoms with E-state index >= 15 is 0 Å². The molecule has 3 aromatic carbocycles. The van der Waals surface area contributed by atoms with Gasteiger partial charge in [-0.1, -0.05) is 31.7 Å². The van der Waals surface area contributed by atoms with E-state index < -0.39 is 11.6 Å². The zero-order chi connectivity index (χ0) is 29.9. The van der Waals surface area contributed by atoms with Gasteiger partial charge in [-0.25, -0.2) is 13.8 Å². The van der Waals surface area contributed by atoms with Crippen molar-refractivity contribution in [3.05, 3.63) is 102 Å². The van der Waals surface area contributed by atoms with Gasteiger partial charge in [0, 0.05) is 49.7 Å². The molecule has 2 heterocycles. The van der Waals surface area contributed by atoms with Crippen molar-refractivity contribution in [3.63, 3.8) is 0 Å². The summed E-state index contributed by atoms with van der Waals surface area (Å²) in [4.78, 5) is 7.05. The van der Waals surface area contributed by atoms with E-state index in [1.807, 2.05) is 11.3 Å². The van der Waals surface area contributed by atoms with Gasteiger partial charge in [0.25, 0.3) is 0 Å². The first kappa shape index (κ1) is 29.2. The average Bonchev–Trinajstić information content (AvgIpc) is 3.67. The van der Waals surface area contributed by atoms with Gasteiger partial charge in [0.2, 0.25) is 0 Å². The third kappa shape index (κ3) is 6.41. The van der Waals surface area contributed by atoms with Crippen LogP contribution in [0.3, 0.4) is 0 Å². The first-order valence-electron chi connectivity index (χ1n) is 15.8. The van der Waals surface area contributed by atoms with Crippen LogP contribution in [-0.4, -0.2) is 43.5 Å². The van der Waals surface area contributed by atoms with Crippen molar-refractivity contribution >= 4 is 23.4 Å². The van der Waals surface area contributed by atoms with Gasteiger partial charge in [0.1, 0.15) is 23.8 Å². The molecule has 0 N–H and O–H groups in total. The fraction of sp³-hybridized carbons (Fsp3) is 0.417. The highest BCUT2D eigenvalue weighted by atomic mass is 19.1. The molecule has 2 aliphatic heterocycles. The van der Waals surface area contributed by atoms with Crippen LogP contribution in [0.4, 0.5) is 25.8 Å². The molecule has 1 saturated carbocycles. The van der Waals surface area contributed by atoms with Crippen LogP contribution < -0.4 is 14.8 Å². The number of piperazine rings is 1. The molecule has 6 rings (SSSR count). The maximum atomic E-state index is 14.2. The van der Waals surface area contributed by atoms with Gasteiger partial charge < -0.3 is 14.7 Å². The summed E-state index contributed by atoms with van der Waals surface area (Å²) >= 11 is 0. The molecular formula is C36H43F2N5. The summed E-state index contributed by atoms with van der Waals surface area (Å²) in [6.45, 7) is 12.6. The zero-order valence-electron chi connectivity index (χ0n) is 25.4. The lowest BCUT2D eigenvalue weighted by atomic mass is 9.93. The Hall–Kier alpha value is -3.87. The van der Waals surface area contributed by atoms with Gasteiger partial charge in [-0.2, -0.15) is 5.10 Å². The summed E-state index contributed by atoms with van der Waals surface area (Å²) in [6, 6.07) is 22.1. The summed E-state index contributed by atoms with van der Waals surface area (Å²) in [5.41, 5.74) is 5.59. The lowest BCUT2D eigenvalue weighted by molar-refractivity contribution is 0.406. The van der Waals surface area contributed by atoms with Gasteiger partial charge >= 0.3 is 0 Å². The summed E-state index contributed by atoms with van der Waals surface area (Å²) in [5.74, 6) is 0.808. The van der Waals surface area contributed by atoms with Crippen molar-refractivity contribution in [2.75, 3.05) is 41.0 Å². The van der Waals surface area contributed by atoms with Gasteiger partial charge in [-0.05, 0) is 111 Å². The number of aryl methyl sites for hydroxylation is 1. The van der Waals surface area contributed by atoms with Crippen molar-refractivity contribution in [3.8, 4) is 0 Å². The number of benzene rings is 3. The van der Waals surface area contributed by atoms with Crippen molar-refractivity contribution in [2.24, 2.45) is 11.0 Å². The second kappa shape index (κ2) is 12.8. The molecule has 5 nitrogen and oxygen atoms in total. The molecule has 0 amide bonds. The molecule has 2 unspecified atom stereocenters. The van der Waals surface area contributed by atoms with Crippen LogP contribution in [0.15, 0.2) is 84.2 Å². The Kier molecular flexibility index (Phi) is 8.68. The predicted octanol–water partition coefficient (Wildman–Crippen LogP) is 8.14. The molecule has 43 heavy (non-hydrogen) atoms. The van der Waals surface area contributed by atoms with Crippen LogP contribution in [-0.2, 0) is 6.42 Å². The Morgan fingerprint density at radius 1 is 0.860 bits per heavy atom. The van der Waals surface area contributed by atoms with E-state index in [2.05, 4.69) is 88.8 Å². The Labute approximate surface area is 255 Å². The summed E-state index contributed by atoms with van der Waals surface area (Å²) in [6.07, 6.45) is 8.17. The number of hydrogen-bond acceptors (Lipinski definition) is 5. The van der Waals surface area contributed by atoms with E-state index in [9.17, 15) is 8.78 Å². The average molecular weight is 584 g/mol. The number of rotatable bonds is 9. The third-order valence-electron chi connectivity index (χ3n) is 9.73. The van der Waals surface area contributed by atoms with Gasteiger partial charge in [-0.3, -0.25) is 0 Å². The normalized spacial score (nSPS) is 21.3. The zero-order valence-corrected chi connectivity index (χ0v) is 25.4. The Bertz CT molecular complexity index is 1430. The van der Waals surface area contributed by atoms with E-state index in [0.29, 0.717) is 17.5 Å². The SMILES string of the molecule is C=C1N(c2ccc(N3CCN(c4ccc(CC[C@@H]5CCC(c6ccc(F)cc6F)C5)cc4)CC3)cc2)N=CN1C(C)CC. The Morgan fingerprint density at radius 2 is 1.49 bits per heavy atom. The summed E-state index contributed by atoms with van der Waals surface area (Å²) in [7, 11) is 0. The smallest absolute Gasteiger partial charge is 0.129 e. The van der Waals surface area contributed by atoms with E-state index in [1.165, 1.54) is 23.0 Å². The highest BCUT2D eigenvalue weighted by molar-refractivity contribution is 5.70. The molecule has 3 aliphatic rings. The standard InChI is InChI=1S/C36H43F2N5/c1-4-26(2)42-25-39-43(27(42)3)34-16-14-33(15-17-34)41-21-19-40(20-22-41)32-12-8-28(9-13-32)5-6-29-7-10-30(23-29)35-18-11-31(37)24-36(35)38/h8-9,11-18,24-26,29-30H,3-7,10,19-23H2,1-2H3/t26?,29-,30?/m1/s1. The lowest BCUT2D eigenvalue weighted by Gasteiger charge is -2.37. The molecule has 3 aromatic rings. The molecule has 7 heteroatoms. The highest BCUT2D eigenvalue weighted by Crippen LogP contribution is 2.41. The van der Waals surface area contributed by atoms with Crippen LogP contribution in [0.5, 0.6) is 0 Å². The van der Waals surface area contributed by atoms with Crippen LogP contribution in [0.2, 0.25) is 0 Å². The molecule has 0 radical (unpaired) electrons. The minimum Gasteiger partial charge on any atom is -0.368 e. The first-order valence-corrected chi connectivity index (χ1v) is 15.8. The van der Waals surface area contributed by atoms with E-state index in [0.717, 1.165) is 82.3 Å². The second-order valence-corrected chi connectivity index (χ2v) is 12.4. The van der Waals surface area contributed by atoms with Crippen LogP contribution in [0.1, 0.15) is 63.0 Å². The number of nitrogens with zero attached hydrogens (tertiary/aromatic N) is 5. The Morgan fingerprint density at radius 3 is 2.12 bits per heavy atom. The van der Waals surface area contributed by atoms with Crippen LogP contribution in [0, 0.1) is 17.6 Å². The van der Waals surface area contributed by atoms with E-state index in [1.54, 1.807) is 6.07 Å². The van der Waals surface area contributed by atoms with Crippen molar-refractivity contribution in [1.82, 2.24) is 4.90 Å². The molecular weight excluding hydrogens is 540 g/mol. The fourth-order valence-corrected chi connectivity index (χ4v) is 6.85. The van der Waals surface area contributed by atoms with Crippen molar-refractivity contribution in [1.29, 1.82) is 0 Å². The lowest BCUT2D eigenvalue weighted by Crippen LogP contribution is -2.46. The molecule has 226 valence electrons. The largest absolute Gasteiger partial charge is 0.368 e. The number of hydrazone groups is 1. The van der Waals surface area contributed by atoms with E-state index in [-0.39, 0.29) is 5.92 Å². The highest BCUT2D eigenvalue weighted by Gasteiger charge is 2.28. The van der Waals surface area contributed by atoms with Crippen molar-refractivity contribution in [2.45, 2.75) is 64.3 Å². The maximum absolute atomic E-state index is 14.2. The number of anilines is 3. The van der Waals surface area contributed by atoms with Crippen LogP contribution in [0.25, 0.3) is 0 Å². The quantitative estimate of drug-likeness (QED) is 0.254. The van der Waals surface area contributed by atoms with Gasteiger partial charge in [0.05, 0.1) is 5.69 Å². The fourth-order valence-electron chi connectivity index (χ4n) is 6.85. The molecule has 0 spiro atoms. The summed E-state index contributed by atoms with van der Waals surface area (Å²) in [5, 5.41) is 6.49. The summed E-state index contributed by atoms with van der Waals surface area (Å²) < 4.78 is 27.5. The van der Waals surface area contributed by atoms with Gasteiger partial charge in [0.15, 0.2) is 0 Å². The maximum Gasteiger partial charge on any atom is 0.129 e. The molecule has 1 aliphatic carbocycles. The van der Waals surface area contributed by atoms with Crippen molar-refractivity contribution < 1.29 is 8.78 Å². The molecule has 2 fully saturated rings. The minimum absolute atomic E-state index is 0.212. The van der Waals surface area contributed by atoms with Crippen LogP contribution >= 0.6 is 0 Å². The predicted molar refractivity (Wildman–Crippen MR) is 174 cm³/mol. The topological polar surface area (TPSA) is 25.3 Å². The minimum atomic E-state index is -0.499. The first-order chi connectivity index (χ1) is 20.9. The molecule has 0 bridgehead atoms. The second-order valence-electron chi connectivity index (χ2n) is 12.4. The monoisotopic (exact) mass is 583 g/mol. The Balaban J connectivity index is 0.962. The van der Waals surface area contributed by atoms with E-state index in [4.69, 9.17) is 0 Å². The van der Waals surface area contributed by atoms with Gasteiger partial charge in [-0.15, -0.1) is 0 Å². The molecule has 1 saturated heterocycles.